The zero-order chi connectivity index (χ0) is 11.4. The summed E-state index contributed by atoms with van der Waals surface area (Å²) in [6, 6.07) is 4.14. The van der Waals surface area contributed by atoms with Crippen molar-refractivity contribution < 1.29 is 19.7 Å². The number of hydrogen-bond acceptors (Lipinski definition) is 5. The van der Waals surface area contributed by atoms with Crippen LogP contribution in [0, 0.1) is 11.3 Å². The number of rotatable bonds is 2. The SMILES string of the molecule is COC(=O)c1cc(O)cc(CO)c1C#N. The molecular formula is C10H9NO4. The van der Waals surface area contributed by atoms with E-state index in [2.05, 4.69) is 4.74 Å². The molecule has 0 amide bonds. The Morgan fingerprint density at radius 1 is 1.60 bits per heavy atom. The molecular weight excluding hydrogens is 198 g/mol. The predicted octanol–water partition coefficient (Wildman–Crippen LogP) is 0.543. The van der Waals surface area contributed by atoms with Gasteiger partial charge in [0.05, 0.1) is 24.8 Å². The first-order chi connectivity index (χ1) is 7.13. The van der Waals surface area contributed by atoms with Gasteiger partial charge < -0.3 is 14.9 Å². The molecule has 0 aliphatic rings. The van der Waals surface area contributed by atoms with Crippen LogP contribution in [0.5, 0.6) is 5.75 Å². The van der Waals surface area contributed by atoms with Gasteiger partial charge in [0.2, 0.25) is 0 Å². The first-order valence-electron chi connectivity index (χ1n) is 4.09. The summed E-state index contributed by atoms with van der Waals surface area (Å²) in [6.45, 7) is -0.429. The second kappa shape index (κ2) is 4.44. The van der Waals surface area contributed by atoms with Crippen LogP contribution in [0.3, 0.4) is 0 Å². The van der Waals surface area contributed by atoms with E-state index in [-0.39, 0.29) is 22.4 Å². The van der Waals surface area contributed by atoms with Gasteiger partial charge in [0.15, 0.2) is 0 Å². The number of esters is 1. The van der Waals surface area contributed by atoms with Crippen molar-refractivity contribution in [1.29, 1.82) is 5.26 Å². The van der Waals surface area contributed by atoms with Gasteiger partial charge in [0.25, 0.3) is 0 Å². The summed E-state index contributed by atoms with van der Waals surface area (Å²) < 4.78 is 4.45. The number of carbonyl (C=O) groups excluding carboxylic acids is 1. The van der Waals surface area contributed by atoms with Crippen molar-refractivity contribution in [2.75, 3.05) is 7.11 Å². The molecule has 1 rings (SSSR count). The van der Waals surface area contributed by atoms with E-state index in [4.69, 9.17) is 10.4 Å². The number of methoxy groups -OCH3 is 1. The molecule has 0 aromatic heterocycles. The van der Waals surface area contributed by atoms with E-state index in [1.165, 1.54) is 13.2 Å². The molecule has 0 fully saturated rings. The lowest BCUT2D eigenvalue weighted by atomic mass is 10.0. The molecule has 1 aromatic carbocycles. The third-order valence-corrected chi connectivity index (χ3v) is 1.89. The zero-order valence-electron chi connectivity index (χ0n) is 8.02. The van der Waals surface area contributed by atoms with Gasteiger partial charge in [-0.3, -0.25) is 0 Å². The first kappa shape index (κ1) is 11.0. The predicted molar refractivity (Wildman–Crippen MR) is 50.1 cm³/mol. The molecule has 2 N–H and O–H groups in total. The fraction of sp³-hybridized carbons (Fsp3) is 0.200. The molecule has 0 saturated carbocycles. The van der Waals surface area contributed by atoms with E-state index in [9.17, 15) is 9.90 Å². The van der Waals surface area contributed by atoms with Gasteiger partial charge in [-0.15, -0.1) is 0 Å². The molecule has 0 unspecified atom stereocenters. The van der Waals surface area contributed by atoms with Gasteiger partial charge in [-0.05, 0) is 17.7 Å². The Balaban J connectivity index is 3.43. The van der Waals surface area contributed by atoms with Crippen LogP contribution in [0.2, 0.25) is 0 Å². The fourth-order valence-corrected chi connectivity index (χ4v) is 1.21. The van der Waals surface area contributed by atoms with Gasteiger partial charge >= 0.3 is 5.97 Å². The summed E-state index contributed by atoms with van der Waals surface area (Å²) in [5.41, 5.74) is 0.157. The lowest BCUT2D eigenvalue weighted by Gasteiger charge is -2.06. The molecule has 15 heavy (non-hydrogen) atoms. The third kappa shape index (κ3) is 2.06. The molecule has 0 bridgehead atoms. The topological polar surface area (TPSA) is 90.6 Å². The minimum absolute atomic E-state index is 0.0159. The third-order valence-electron chi connectivity index (χ3n) is 1.89. The zero-order valence-corrected chi connectivity index (χ0v) is 8.02. The largest absolute Gasteiger partial charge is 0.508 e. The lowest BCUT2D eigenvalue weighted by Crippen LogP contribution is -2.06. The van der Waals surface area contributed by atoms with Crippen molar-refractivity contribution in [3.63, 3.8) is 0 Å². The number of carbonyl (C=O) groups is 1. The Morgan fingerprint density at radius 3 is 2.73 bits per heavy atom. The molecule has 0 aliphatic heterocycles. The van der Waals surface area contributed by atoms with E-state index in [1.54, 1.807) is 6.07 Å². The Morgan fingerprint density at radius 2 is 2.27 bits per heavy atom. The monoisotopic (exact) mass is 207 g/mol. The van der Waals surface area contributed by atoms with E-state index in [0.717, 1.165) is 6.07 Å². The maximum absolute atomic E-state index is 11.2. The van der Waals surface area contributed by atoms with E-state index < -0.39 is 12.6 Å². The van der Waals surface area contributed by atoms with Crippen molar-refractivity contribution in [1.82, 2.24) is 0 Å². The Kier molecular flexibility index (Phi) is 3.26. The first-order valence-corrected chi connectivity index (χ1v) is 4.09. The highest BCUT2D eigenvalue weighted by atomic mass is 16.5. The Hall–Kier alpha value is -2.06. The number of aliphatic hydroxyl groups is 1. The van der Waals surface area contributed by atoms with Gasteiger partial charge in [-0.1, -0.05) is 0 Å². The molecule has 0 saturated heterocycles. The Bertz CT molecular complexity index is 434. The van der Waals surface area contributed by atoms with Gasteiger partial charge in [0, 0.05) is 0 Å². The van der Waals surface area contributed by atoms with E-state index in [0.29, 0.717) is 0 Å². The summed E-state index contributed by atoms with van der Waals surface area (Å²) in [6.07, 6.45) is 0. The van der Waals surface area contributed by atoms with Gasteiger partial charge in [-0.25, -0.2) is 4.79 Å². The van der Waals surface area contributed by atoms with Crippen molar-refractivity contribution in [2.45, 2.75) is 6.61 Å². The van der Waals surface area contributed by atoms with Crippen LogP contribution in [0.4, 0.5) is 0 Å². The normalized spacial score (nSPS) is 9.40. The van der Waals surface area contributed by atoms with E-state index in [1.807, 2.05) is 0 Å². The molecule has 0 radical (unpaired) electrons. The summed E-state index contributed by atoms with van der Waals surface area (Å²) in [4.78, 5) is 11.2. The maximum atomic E-state index is 11.2. The molecule has 78 valence electrons. The summed E-state index contributed by atoms with van der Waals surface area (Å²) >= 11 is 0. The maximum Gasteiger partial charge on any atom is 0.339 e. The van der Waals surface area contributed by atoms with E-state index >= 15 is 0 Å². The van der Waals surface area contributed by atoms with Crippen molar-refractivity contribution in [3.8, 4) is 11.8 Å². The van der Waals surface area contributed by atoms with Crippen molar-refractivity contribution in [2.24, 2.45) is 0 Å². The number of phenolic OH excluding ortho intramolecular Hbond substituents is 1. The lowest BCUT2D eigenvalue weighted by molar-refractivity contribution is 0.0599. The van der Waals surface area contributed by atoms with Crippen LogP contribution in [0.25, 0.3) is 0 Å². The summed E-state index contributed by atoms with van der Waals surface area (Å²) in [5.74, 6) is -0.921. The van der Waals surface area contributed by atoms with Crippen LogP contribution >= 0.6 is 0 Å². The highest BCUT2D eigenvalue weighted by Crippen LogP contribution is 2.22. The number of ether oxygens (including phenoxy) is 1. The molecule has 0 aliphatic carbocycles. The van der Waals surface area contributed by atoms with Crippen molar-refractivity contribution in [3.05, 3.63) is 28.8 Å². The number of phenols is 1. The minimum atomic E-state index is -0.725. The van der Waals surface area contributed by atoms with Crippen LogP contribution in [0.1, 0.15) is 21.5 Å². The number of aliphatic hydroxyl groups excluding tert-OH is 1. The highest BCUT2D eigenvalue weighted by molar-refractivity contribution is 5.93. The smallest absolute Gasteiger partial charge is 0.339 e. The number of benzene rings is 1. The van der Waals surface area contributed by atoms with Gasteiger partial charge in [-0.2, -0.15) is 5.26 Å². The van der Waals surface area contributed by atoms with Gasteiger partial charge in [0.1, 0.15) is 11.8 Å². The standard InChI is InChI=1S/C10H9NO4/c1-15-10(14)8-3-7(13)2-6(5-12)9(8)4-11/h2-3,12-13H,5H2,1H3. The average molecular weight is 207 g/mol. The van der Waals surface area contributed by atoms with Crippen LogP contribution in [-0.2, 0) is 11.3 Å². The molecule has 5 heteroatoms. The molecule has 0 heterocycles. The Labute approximate surface area is 86.1 Å². The quantitative estimate of drug-likeness (QED) is 0.691. The number of nitriles is 1. The van der Waals surface area contributed by atoms with Crippen LogP contribution in [0.15, 0.2) is 12.1 Å². The molecule has 1 aromatic rings. The molecule has 0 atom stereocenters. The second-order valence-corrected chi connectivity index (χ2v) is 2.79. The molecule has 0 spiro atoms. The van der Waals surface area contributed by atoms with Crippen LogP contribution < -0.4 is 0 Å². The average Bonchev–Trinajstić information content (AvgIpc) is 2.26. The highest BCUT2D eigenvalue weighted by Gasteiger charge is 2.16. The minimum Gasteiger partial charge on any atom is -0.508 e. The number of aromatic hydroxyl groups is 1. The number of nitrogens with zero attached hydrogens (tertiary/aromatic N) is 1. The summed E-state index contributed by atoms with van der Waals surface area (Å²) in [5, 5.41) is 27.0. The second-order valence-electron chi connectivity index (χ2n) is 2.79. The summed E-state index contributed by atoms with van der Waals surface area (Å²) in [7, 11) is 1.17. The molecule has 5 nitrogen and oxygen atoms in total. The van der Waals surface area contributed by atoms with Crippen LogP contribution in [-0.4, -0.2) is 23.3 Å². The van der Waals surface area contributed by atoms with Crippen molar-refractivity contribution >= 4 is 5.97 Å². The number of hydrogen-bond donors (Lipinski definition) is 2. The fourth-order valence-electron chi connectivity index (χ4n) is 1.21.